The molecule has 0 N–H and O–H groups in total. The molecule has 0 bridgehead atoms. The predicted octanol–water partition coefficient (Wildman–Crippen LogP) is 0.791. The average molecular weight is 200 g/mol. The smallest absolute Gasteiger partial charge is 0.309 e. The van der Waals surface area contributed by atoms with E-state index in [9.17, 15) is 9.59 Å². The second-order valence-electron chi connectivity index (χ2n) is 3.44. The molecule has 4 heteroatoms. The first-order valence-electron chi connectivity index (χ1n) is 4.94. The fraction of sp³-hybridized carbons (Fsp3) is 0.800. The van der Waals surface area contributed by atoms with Crippen LogP contribution in [0.2, 0.25) is 0 Å². The van der Waals surface area contributed by atoms with Crippen molar-refractivity contribution in [2.75, 3.05) is 19.8 Å². The lowest BCUT2D eigenvalue weighted by Crippen LogP contribution is -2.36. The van der Waals surface area contributed by atoms with Crippen molar-refractivity contribution < 1.29 is 19.1 Å². The fourth-order valence-electron chi connectivity index (χ4n) is 1.52. The summed E-state index contributed by atoms with van der Waals surface area (Å²) < 4.78 is 10.0. The second-order valence-corrected chi connectivity index (χ2v) is 3.44. The number of rotatable bonds is 3. The van der Waals surface area contributed by atoms with Gasteiger partial charge in [0.1, 0.15) is 5.78 Å². The Bertz CT molecular complexity index is 224. The van der Waals surface area contributed by atoms with Gasteiger partial charge in [-0.3, -0.25) is 9.59 Å². The van der Waals surface area contributed by atoms with Gasteiger partial charge in [0.15, 0.2) is 0 Å². The van der Waals surface area contributed by atoms with Crippen LogP contribution in [0.4, 0.5) is 0 Å². The van der Waals surface area contributed by atoms with Crippen molar-refractivity contribution in [3.05, 3.63) is 0 Å². The Morgan fingerprint density at radius 2 is 2.43 bits per heavy atom. The molecular formula is C10H16O4. The molecule has 1 heterocycles. The van der Waals surface area contributed by atoms with Gasteiger partial charge in [-0.25, -0.2) is 0 Å². The van der Waals surface area contributed by atoms with Crippen molar-refractivity contribution in [2.45, 2.75) is 20.3 Å². The molecule has 0 spiro atoms. The first kappa shape index (κ1) is 11.2. The van der Waals surface area contributed by atoms with E-state index in [4.69, 9.17) is 9.47 Å². The van der Waals surface area contributed by atoms with E-state index in [0.717, 1.165) is 0 Å². The molecule has 4 nitrogen and oxygen atoms in total. The molecule has 80 valence electrons. The largest absolute Gasteiger partial charge is 0.466 e. The molecule has 2 atom stereocenters. The third-order valence-corrected chi connectivity index (χ3v) is 2.47. The lowest BCUT2D eigenvalue weighted by molar-refractivity contribution is -0.155. The topological polar surface area (TPSA) is 52.6 Å². The Balaban J connectivity index is 2.53. The van der Waals surface area contributed by atoms with E-state index in [1.165, 1.54) is 0 Å². The third kappa shape index (κ3) is 2.54. The minimum Gasteiger partial charge on any atom is -0.466 e. The van der Waals surface area contributed by atoms with Crippen LogP contribution in [0.15, 0.2) is 0 Å². The molecule has 0 aliphatic carbocycles. The summed E-state index contributed by atoms with van der Waals surface area (Å²) in [6.45, 7) is 4.65. The maximum atomic E-state index is 11.5. The van der Waals surface area contributed by atoms with Gasteiger partial charge in [0.05, 0.1) is 31.7 Å². The molecule has 0 unspecified atom stereocenters. The molecule has 0 aromatic rings. The number of ether oxygens (including phenoxy) is 2. The Morgan fingerprint density at radius 3 is 3.00 bits per heavy atom. The van der Waals surface area contributed by atoms with Crippen LogP contribution in [-0.4, -0.2) is 31.6 Å². The van der Waals surface area contributed by atoms with Crippen molar-refractivity contribution in [3.8, 4) is 0 Å². The van der Waals surface area contributed by atoms with E-state index in [2.05, 4.69) is 0 Å². The summed E-state index contributed by atoms with van der Waals surface area (Å²) in [6, 6.07) is 0. The molecule has 1 aliphatic heterocycles. The second kappa shape index (κ2) is 5.10. The molecule has 0 saturated carbocycles. The van der Waals surface area contributed by atoms with Crippen LogP contribution in [0.25, 0.3) is 0 Å². The first-order valence-corrected chi connectivity index (χ1v) is 4.94. The summed E-state index contributed by atoms with van der Waals surface area (Å²) in [5.74, 6) is -0.904. The van der Waals surface area contributed by atoms with Gasteiger partial charge in [-0.2, -0.15) is 0 Å². The van der Waals surface area contributed by atoms with E-state index >= 15 is 0 Å². The van der Waals surface area contributed by atoms with E-state index in [1.54, 1.807) is 13.8 Å². The van der Waals surface area contributed by atoms with Gasteiger partial charge in [-0.1, -0.05) is 6.92 Å². The quantitative estimate of drug-likeness (QED) is 0.632. The normalized spacial score (nSPS) is 24.4. The zero-order valence-electron chi connectivity index (χ0n) is 8.62. The first-order chi connectivity index (χ1) is 6.66. The number of Topliss-reactive ketones (excluding diaryl/α,β-unsaturated/α-hetero) is 1. The Kier molecular flexibility index (Phi) is 4.07. The molecule has 14 heavy (non-hydrogen) atoms. The fourth-order valence-corrected chi connectivity index (χ4v) is 1.52. The number of carbonyl (C=O) groups excluding carboxylic acids is 2. The highest BCUT2D eigenvalue weighted by molar-refractivity contribution is 5.87. The number of esters is 1. The Morgan fingerprint density at radius 1 is 1.71 bits per heavy atom. The molecule has 0 amide bonds. The standard InChI is InChI=1S/C10H16O4/c1-3-14-10(12)7(2)8-6-13-5-4-9(8)11/h7-8H,3-6H2,1-2H3/t7-,8+/m1/s1. The van der Waals surface area contributed by atoms with Crippen molar-refractivity contribution in [2.24, 2.45) is 11.8 Å². The van der Waals surface area contributed by atoms with Gasteiger partial charge in [0, 0.05) is 6.42 Å². The van der Waals surface area contributed by atoms with E-state index < -0.39 is 0 Å². The molecule has 0 aromatic heterocycles. The zero-order chi connectivity index (χ0) is 10.6. The minimum atomic E-state index is -0.386. The van der Waals surface area contributed by atoms with Gasteiger partial charge < -0.3 is 9.47 Å². The highest BCUT2D eigenvalue weighted by Gasteiger charge is 2.33. The van der Waals surface area contributed by atoms with Gasteiger partial charge >= 0.3 is 5.97 Å². The highest BCUT2D eigenvalue weighted by Crippen LogP contribution is 2.20. The number of hydrogen-bond acceptors (Lipinski definition) is 4. The third-order valence-electron chi connectivity index (χ3n) is 2.47. The van der Waals surface area contributed by atoms with Crippen LogP contribution < -0.4 is 0 Å². The Hall–Kier alpha value is -0.900. The minimum absolute atomic E-state index is 0.108. The molecule has 1 rings (SSSR count). The maximum Gasteiger partial charge on any atom is 0.309 e. The number of ketones is 1. The summed E-state index contributed by atoms with van der Waals surface area (Å²) in [6.07, 6.45) is 0.411. The van der Waals surface area contributed by atoms with Gasteiger partial charge in [0.25, 0.3) is 0 Å². The van der Waals surface area contributed by atoms with Crippen LogP contribution in [0.3, 0.4) is 0 Å². The molecule has 0 aromatic carbocycles. The SMILES string of the molecule is CCOC(=O)[C@H](C)[C@@H]1COCCC1=O. The van der Waals surface area contributed by atoms with Crippen molar-refractivity contribution >= 4 is 11.8 Å². The van der Waals surface area contributed by atoms with E-state index in [-0.39, 0.29) is 23.6 Å². The van der Waals surface area contributed by atoms with Crippen LogP contribution >= 0.6 is 0 Å². The lowest BCUT2D eigenvalue weighted by atomic mass is 9.88. The number of hydrogen-bond donors (Lipinski definition) is 0. The molecule has 1 saturated heterocycles. The van der Waals surface area contributed by atoms with Crippen LogP contribution in [0.5, 0.6) is 0 Å². The Labute approximate surface area is 83.6 Å². The average Bonchev–Trinajstić information content (AvgIpc) is 2.18. The number of carbonyl (C=O) groups is 2. The summed E-state index contributed by atoms with van der Waals surface area (Å²) in [5, 5.41) is 0. The molecule has 0 radical (unpaired) electrons. The molecule has 1 aliphatic rings. The monoisotopic (exact) mass is 200 g/mol. The van der Waals surface area contributed by atoms with Crippen LogP contribution in [0, 0.1) is 11.8 Å². The van der Waals surface area contributed by atoms with Crippen molar-refractivity contribution in [1.29, 1.82) is 0 Å². The van der Waals surface area contributed by atoms with Crippen molar-refractivity contribution in [1.82, 2.24) is 0 Å². The highest BCUT2D eigenvalue weighted by atomic mass is 16.5. The lowest BCUT2D eigenvalue weighted by Gasteiger charge is -2.24. The van der Waals surface area contributed by atoms with Crippen LogP contribution in [-0.2, 0) is 19.1 Å². The molecular weight excluding hydrogens is 184 g/mol. The van der Waals surface area contributed by atoms with Gasteiger partial charge in [0.2, 0.25) is 0 Å². The maximum absolute atomic E-state index is 11.5. The molecule has 1 fully saturated rings. The van der Waals surface area contributed by atoms with Gasteiger partial charge in [-0.15, -0.1) is 0 Å². The summed E-state index contributed by atoms with van der Waals surface area (Å²) >= 11 is 0. The van der Waals surface area contributed by atoms with Gasteiger partial charge in [-0.05, 0) is 6.92 Å². The van der Waals surface area contributed by atoms with Crippen LogP contribution in [0.1, 0.15) is 20.3 Å². The summed E-state index contributed by atoms with van der Waals surface area (Å²) in [5.41, 5.74) is 0. The van der Waals surface area contributed by atoms with E-state index in [1.807, 2.05) is 0 Å². The predicted molar refractivity (Wildman–Crippen MR) is 49.7 cm³/mol. The zero-order valence-corrected chi connectivity index (χ0v) is 8.62. The summed E-state index contributed by atoms with van der Waals surface area (Å²) in [4.78, 5) is 22.8. The van der Waals surface area contributed by atoms with Crippen molar-refractivity contribution in [3.63, 3.8) is 0 Å². The summed E-state index contributed by atoms with van der Waals surface area (Å²) in [7, 11) is 0. The van der Waals surface area contributed by atoms with E-state index in [0.29, 0.717) is 26.2 Å².